The van der Waals surface area contributed by atoms with Gasteiger partial charge in [-0.2, -0.15) is 0 Å². The maximum absolute atomic E-state index is 3.23. The summed E-state index contributed by atoms with van der Waals surface area (Å²) in [6.07, 6.45) is 2.34. The van der Waals surface area contributed by atoms with Crippen LogP contribution in [0.15, 0.2) is 18.2 Å². The van der Waals surface area contributed by atoms with Gasteiger partial charge in [-0.05, 0) is 51.4 Å². The molecule has 1 aromatic rings. The van der Waals surface area contributed by atoms with Gasteiger partial charge in [-0.1, -0.05) is 18.2 Å². The molecule has 0 saturated heterocycles. The van der Waals surface area contributed by atoms with E-state index in [1.54, 1.807) is 0 Å². The molecule has 1 aromatic carbocycles. The first-order chi connectivity index (χ1) is 7.74. The van der Waals surface area contributed by atoms with Crippen molar-refractivity contribution < 1.29 is 0 Å². The summed E-state index contributed by atoms with van der Waals surface area (Å²) >= 11 is 0. The fraction of sp³-hybridized carbons (Fsp3) is 0.571. The maximum Gasteiger partial charge on any atom is 0.0434 e. The molecule has 0 aliphatic carbocycles. The Balaban J connectivity index is 2.30. The highest BCUT2D eigenvalue weighted by atomic mass is 15.2. The molecule has 0 radical (unpaired) electrons. The van der Waals surface area contributed by atoms with E-state index in [4.69, 9.17) is 0 Å². The van der Waals surface area contributed by atoms with Crippen molar-refractivity contribution in [3.63, 3.8) is 0 Å². The van der Waals surface area contributed by atoms with Crippen LogP contribution >= 0.6 is 0 Å². The summed E-state index contributed by atoms with van der Waals surface area (Å²) in [6, 6.07) is 7.36. The van der Waals surface area contributed by atoms with Gasteiger partial charge >= 0.3 is 0 Å². The molecule has 2 heteroatoms. The predicted molar refractivity (Wildman–Crippen MR) is 70.3 cm³/mol. The van der Waals surface area contributed by atoms with E-state index < -0.39 is 0 Å². The van der Waals surface area contributed by atoms with Crippen LogP contribution in [0.25, 0.3) is 0 Å². The van der Waals surface area contributed by atoms with Crippen LogP contribution in [0, 0.1) is 0 Å². The predicted octanol–water partition coefficient (Wildman–Crippen LogP) is 2.22. The van der Waals surface area contributed by atoms with E-state index in [1.165, 1.54) is 29.8 Å². The van der Waals surface area contributed by atoms with E-state index in [0.717, 1.165) is 13.0 Å². The highest BCUT2D eigenvalue weighted by Gasteiger charge is 2.23. The van der Waals surface area contributed by atoms with E-state index >= 15 is 0 Å². The van der Waals surface area contributed by atoms with Crippen LogP contribution in [0.4, 0.5) is 5.69 Å². The average molecular weight is 218 g/mol. The van der Waals surface area contributed by atoms with Crippen molar-refractivity contribution in [1.82, 2.24) is 5.32 Å². The Morgan fingerprint density at radius 1 is 1.38 bits per heavy atom. The zero-order valence-corrected chi connectivity index (χ0v) is 10.6. The van der Waals surface area contributed by atoms with Gasteiger partial charge in [0, 0.05) is 18.3 Å². The smallest absolute Gasteiger partial charge is 0.0434 e. The Morgan fingerprint density at radius 3 is 2.88 bits per heavy atom. The molecule has 88 valence electrons. The molecular formula is C14H22N2. The normalized spacial score (nSPS) is 14.6. The second-order valence-electron chi connectivity index (χ2n) is 4.82. The molecule has 1 aliphatic rings. The average Bonchev–Trinajstić information content (AvgIpc) is 2.70. The molecule has 0 bridgehead atoms. The fourth-order valence-electron chi connectivity index (χ4n) is 2.55. The van der Waals surface area contributed by atoms with Gasteiger partial charge in [-0.3, -0.25) is 0 Å². The molecule has 0 amide bonds. The lowest BCUT2D eigenvalue weighted by atomic mass is 10.0. The van der Waals surface area contributed by atoms with E-state index in [0.29, 0.717) is 6.04 Å². The van der Waals surface area contributed by atoms with Crippen LogP contribution in [0.2, 0.25) is 0 Å². The number of nitrogens with one attached hydrogen (secondary N) is 1. The molecular weight excluding hydrogens is 196 g/mol. The Morgan fingerprint density at radius 2 is 2.19 bits per heavy atom. The molecule has 0 fully saturated rings. The van der Waals surface area contributed by atoms with Crippen LogP contribution < -0.4 is 10.2 Å². The van der Waals surface area contributed by atoms with Crippen molar-refractivity contribution in [3.05, 3.63) is 29.3 Å². The van der Waals surface area contributed by atoms with Gasteiger partial charge in [0.25, 0.3) is 0 Å². The van der Waals surface area contributed by atoms with Gasteiger partial charge in [0.15, 0.2) is 0 Å². The minimum absolute atomic E-state index is 0.608. The SMILES string of the molecule is CNCCc1cccc2c1N(C(C)C)CC2. The molecule has 0 unspecified atom stereocenters. The van der Waals surface area contributed by atoms with Crippen molar-refractivity contribution in [2.75, 3.05) is 25.0 Å². The summed E-state index contributed by atoms with van der Waals surface area (Å²) in [6.45, 7) is 6.81. The van der Waals surface area contributed by atoms with Gasteiger partial charge in [0.1, 0.15) is 0 Å². The van der Waals surface area contributed by atoms with Crippen LogP contribution in [-0.4, -0.2) is 26.2 Å². The van der Waals surface area contributed by atoms with Crippen LogP contribution in [-0.2, 0) is 12.8 Å². The zero-order chi connectivity index (χ0) is 11.5. The second kappa shape index (κ2) is 4.88. The third kappa shape index (κ3) is 2.07. The van der Waals surface area contributed by atoms with E-state index in [1.807, 2.05) is 7.05 Å². The third-order valence-electron chi connectivity index (χ3n) is 3.38. The van der Waals surface area contributed by atoms with Crippen LogP contribution in [0.1, 0.15) is 25.0 Å². The number of para-hydroxylation sites is 1. The number of fused-ring (bicyclic) bond motifs is 1. The number of anilines is 1. The first kappa shape index (κ1) is 11.5. The summed E-state index contributed by atoms with van der Waals surface area (Å²) in [5.41, 5.74) is 4.54. The lowest BCUT2D eigenvalue weighted by molar-refractivity contribution is 0.704. The summed E-state index contributed by atoms with van der Waals surface area (Å²) in [4.78, 5) is 2.54. The minimum atomic E-state index is 0.608. The van der Waals surface area contributed by atoms with Crippen molar-refractivity contribution in [3.8, 4) is 0 Å². The van der Waals surface area contributed by atoms with Gasteiger partial charge in [0.05, 0.1) is 0 Å². The van der Waals surface area contributed by atoms with Crippen molar-refractivity contribution in [1.29, 1.82) is 0 Å². The Kier molecular flexibility index (Phi) is 3.49. The van der Waals surface area contributed by atoms with E-state index in [2.05, 4.69) is 42.3 Å². The Bertz CT molecular complexity index is 358. The van der Waals surface area contributed by atoms with Gasteiger partial charge in [-0.15, -0.1) is 0 Å². The number of likely N-dealkylation sites (N-methyl/N-ethyl adjacent to an activating group) is 1. The first-order valence-electron chi connectivity index (χ1n) is 6.26. The van der Waals surface area contributed by atoms with Crippen LogP contribution in [0.5, 0.6) is 0 Å². The number of benzene rings is 1. The number of rotatable bonds is 4. The number of nitrogens with zero attached hydrogens (tertiary/aromatic N) is 1. The van der Waals surface area contributed by atoms with E-state index in [9.17, 15) is 0 Å². The largest absolute Gasteiger partial charge is 0.368 e. The molecule has 0 aromatic heterocycles. The molecule has 1 N–H and O–H groups in total. The molecule has 0 saturated carbocycles. The van der Waals surface area contributed by atoms with Crippen molar-refractivity contribution in [2.45, 2.75) is 32.7 Å². The number of hydrogen-bond acceptors (Lipinski definition) is 2. The molecule has 0 spiro atoms. The maximum atomic E-state index is 3.23. The summed E-state index contributed by atoms with van der Waals surface area (Å²) < 4.78 is 0. The molecule has 0 atom stereocenters. The third-order valence-corrected chi connectivity index (χ3v) is 3.38. The molecule has 1 aliphatic heterocycles. The molecule has 16 heavy (non-hydrogen) atoms. The first-order valence-corrected chi connectivity index (χ1v) is 6.26. The van der Waals surface area contributed by atoms with Crippen molar-refractivity contribution >= 4 is 5.69 Å². The standard InChI is InChI=1S/C14H22N2/c1-11(2)16-10-8-13-6-4-5-12(14(13)16)7-9-15-3/h4-6,11,15H,7-10H2,1-3H3. The quantitative estimate of drug-likeness (QED) is 0.833. The fourth-order valence-corrected chi connectivity index (χ4v) is 2.55. The van der Waals surface area contributed by atoms with Crippen LogP contribution in [0.3, 0.4) is 0 Å². The van der Waals surface area contributed by atoms with Gasteiger partial charge < -0.3 is 10.2 Å². The Labute approximate surface area is 98.7 Å². The monoisotopic (exact) mass is 218 g/mol. The van der Waals surface area contributed by atoms with E-state index in [-0.39, 0.29) is 0 Å². The highest BCUT2D eigenvalue weighted by Crippen LogP contribution is 2.33. The lowest BCUT2D eigenvalue weighted by Gasteiger charge is -2.26. The summed E-state index contributed by atoms with van der Waals surface area (Å²) in [5, 5.41) is 3.23. The Hall–Kier alpha value is -1.02. The van der Waals surface area contributed by atoms with Crippen molar-refractivity contribution in [2.24, 2.45) is 0 Å². The highest BCUT2D eigenvalue weighted by molar-refractivity contribution is 5.64. The zero-order valence-electron chi connectivity index (χ0n) is 10.6. The topological polar surface area (TPSA) is 15.3 Å². The molecule has 2 rings (SSSR count). The van der Waals surface area contributed by atoms with Gasteiger partial charge in [-0.25, -0.2) is 0 Å². The summed E-state index contributed by atoms with van der Waals surface area (Å²) in [5.74, 6) is 0. The summed E-state index contributed by atoms with van der Waals surface area (Å²) in [7, 11) is 2.02. The van der Waals surface area contributed by atoms with Gasteiger partial charge in [0.2, 0.25) is 0 Å². The number of hydrogen-bond donors (Lipinski definition) is 1. The molecule has 2 nitrogen and oxygen atoms in total. The lowest BCUT2D eigenvalue weighted by Crippen LogP contribution is -2.29. The second-order valence-corrected chi connectivity index (χ2v) is 4.82. The minimum Gasteiger partial charge on any atom is -0.368 e. The molecule has 1 heterocycles.